The second-order valence-electron chi connectivity index (χ2n) is 5.42. The van der Waals surface area contributed by atoms with Crippen LogP contribution >= 0.6 is 12.4 Å². The van der Waals surface area contributed by atoms with Crippen LogP contribution < -0.4 is 5.32 Å². The Labute approximate surface area is 119 Å². The predicted molar refractivity (Wildman–Crippen MR) is 73.2 cm³/mol. The summed E-state index contributed by atoms with van der Waals surface area (Å²) in [6, 6.07) is 0.846. The third kappa shape index (κ3) is 2.77. The molecule has 1 N–H and O–H groups in total. The SMILES string of the molecule is Cc1noc(C)c1CN1C[C@@H]2CC[C@H](CC1=O)N2.Cl. The Hall–Kier alpha value is -1.07. The minimum absolute atomic E-state index is 0. The Morgan fingerprint density at radius 3 is 2.79 bits per heavy atom. The standard InChI is InChI=1S/C13H19N3O2.ClH/c1-8-12(9(2)18-15-8)7-16-6-11-4-3-10(14-11)5-13(16)17;/h10-11,14H,3-7H2,1-2H3;1H/t10-,11+;/m1./s1. The summed E-state index contributed by atoms with van der Waals surface area (Å²) in [5, 5.41) is 7.47. The molecule has 19 heavy (non-hydrogen) atoms. The molecule has 2 bridgehead atoms. The molecular formula is C13H20ClN3O2. The summed E-state index contributed by atoms with van der Waals surface area (Å²) in [7, 11) is 0. The quantitative estimate of drug-likeness (QED) is 0.896. The Bertz CT molecular complexity index is 455. The maximum atomic E-state index is 12.2. The minimum atomic E-state index is 0. The van der Waals surface area contributed by atoms with Gasteiger partial charge in [-0.15, -0.1) is 12.4 Å². The van der Waals surface area contributed by atoms with Crippen molar-refractivity contribution in [2.45, 2.75) is 51.7 Å². The van der Waals surface area contributed by atoms with E-state index in [1.54, 1.807) is 0 Å². The average molecular weight is 286 g/mol. The number of nitrogens with zero attached hydrogens (tertiary/aromatic N) is 2. The Morgan fingerprint density at radius 2 is 2.11 bits per heavy atom. The number of aryl methyl sites for hydroxylation is 2. The zero-order valence-electron chi connectivity index (χ0n) is 11.3. The number of hydrogen-bond acceptors (Lipinski definition) is 4. The van der Waals surface area contributed by atoms with E-state index in [2.05, 4.69) is 10.5 Å². The topological polar surface area (TPSA) is 58.4 Å². The monoisotopic (exact) mass is 285 g/mol. The van der Waals surface area contributed by atoms with Crippen LogP contribution in [0.4, 0.5) is 0 Å². The molecule has 0 aliphatic carbocycles. The van der Waals surface area contributed by atoms with Gasteiger partial charge in [0.05, 0.1) is 12.2 Å². The van der Waals surface area contributed by atoms with Crippen LogP contribution in [0.2, 0.25) is 0 Å². The largest absolute Gasteiger partial charge is 0.361 e. The van der Waals surface area contributed by atoms with Gasteiger partial charge in [0.2, 0.25) is 5.91 Å². The van der Waals surface area contributed by atoms with E-state index in [0.717, 1.165) is 30.0 Å². The molecule has 2 aliphatic heterocycles. The number of fused-ring (bicyclic) bond motifs is 2. The first kappa shape index (κ1) is 14.3. The summed E-state index contributed by atoms with van der Waals surface area (Å²) in [6.45, 7) is 5.27. The van der Waals surface area contributed by atoms with Gasteiger partial charge in [0, 0.05) is 30.6 Å². The lowest BCUT2D eigenvalue weighted by Gasteiger charge is -2.24. The highest BCUT2D eigenvalue weighted by Crippen LogP contribution is 2.23. The number of nitrogens with one attached hydrogen (secondary N) is 1. The Kier molecular flexibility index (Phi) is 4.16. The van der Waals surface area contributed by atoms with Crippen LogP contribution in [-0.2, 0) is 11.3 Å². The van der Waals surface area contributed by atoms with Crippen molar-refractivity contribution >= 4 is 18.3 Å². The molecule has 0 aromatic carbocycles. The summed E-state index contributed by atoms with van der Waals surface area (Å²) >= 11 is 0. The van der Waals surface area contributed by atoms with E-state index in [4.69, 9.17) is 4.52 Å². The van der Waals surface area contributed by atoms with E-state index in [1.807, 2.05) is 18.7 Å². The number of amides is 1. The lowest BCUT2D eigenvalue weighted by Crippen LogP contribution is -2.37. The van der Waals surface area contributed by atoms with Crippen LogP contribution in [0.3, 0.4) is 0 Å². The van der Waals surface area contributed by atoms with Crippen LogP contribution in [-0.4, -0.2) is 34.6 Å². The predicted octanol–water partition coefficient (Wildman–Crippen LogP) is 1.57. The zero-order valence-corrected chi connectivity index (χ0v) is 12.1. The van der Waals surface area contributed by atoms with Gasteiger partial charge in [-0.1, -0.05) is 5.16 Å². The van der Waals surface area contributed by atoms with Crippen LogP contribution in [0.1, 0.15) is 36.3 Å². The zero-order chi connectivity index (χ0) is 12.7. The first-order chi connectivity index (χ1) is 8.63. The van der Waals surface area contributed by atoms with Crippen molar-refractivity contribution in [1.29, 1.82) is 0 Å². The highest BCUT2D eigenvalue weighted by Gasteiger charge is 2.33. The number of halogens is 1. The van der Waals surface area contributed by atoms with Crippen molar-refractivity contribution in [2.75, 3.05) is 6.54 Å². The van der Waals surface area contributed by atoms with Crippen LogP contribution in [0.15, 0.2) is 4.52 Å². The number of rotatable bonds is 2. The summed E-state index contributed by atoms with van der Waals surface area (Å²) in [5.74, 6) is 1.07. The van der Waals surface area contributed by atoms with Crippen molar-refractivity contribution in [3.05, 3.63) is 17.0 Å². The molecule has 0 spiro atoms. The van der Waals surface area contributed by atoms with Crippen LogP contribution in [0.25, 0.3) is 0 Å². The molecule has 2 atom stereocenters. The third-order valence-electron chi connectivity index (χ3n) is 4.08. The van der Waals surface area contributed by atoms with Gasteiger partial charge < -0.3 is 14.7 Å². The smallest absolute Gasteiger partial charge is 0.224 e. The molecular weight excluding hydrogens is 266 g/mol. The molecule has 1 aromatic rings. The first-order valence-corrected chi connectivity index (χ1v) is 6.59. The van der Waals surface area contributed by atoms with Crippen molar-refractivity contribution in [2.24, 2.45) is 0 Å². The highest BCUT2D eigenvalue weighted by molar-refractivity contribution is 5.85. The molecule has 2 fully saturated rings. The maximum Gasteiger partial charge on any atom is 0.224 e. The number of aromatic nitrogens is 1. The molecule has 2 saturated heterocycles. The molecule has 5 nitrogen and oxygen atoms in total. The highest BCUT2D eigenvalue weighted by atomic mass is 35.5. The maximum absolute atomic E-state index is 12.2. The molecule has 0 unspecified atom stereocenters. The van der Waals surface area contributed by atoms with Crippen molar-refractivity contribution in [3.63, 3.8) is 0 Å². The van der Waals surface area contributed by atoms with Crippen LogP contribution in [0.5, 0.6) is 0 Å². The summed E-state index contributed by atoms with van der Waals surface area (Å²) in [4.78, 5) is 14.1. The summed E-state index contributed by atoms with van der Waals surface area (Å²) < 4.78 is 5.16. The van der Waals surface area contributed by atoms with E-state index in [9.17, 15) is 4.79 Å². The number of likely N-dealkylation sites (tertiary alicyclic amines) is 1. The lowest BCUT2D eigenvalue weighted by atomic mass is 10.1. The van der Waals surface area contributed by atoms with Crippen molar-refractivity contribution in [1.82, 2.24) is 15.4 Å². The molecule has 2 aliphatic rings. The van der Waals surface area contributed by atoms with Gasteiger partial charge in [0.25, 0.3) is 0 Å². The fourth-order valence-electron chi connectivity index (χ4n) is 2.99. The van der Waals surface area contributed by atoms with Crippen LogP contribution in [0, 0.1) is 13.8 Å². The fourth-order valence-corrected chi connectivity index (χ4v) is 2.99. The summed E-state index contributed by atoms with van der Waals surface area (Å²) in [6.07, 6.45) is 2.94. The van der Waals surface area contributed by atoms with Gasteiger partial charge in [-0.2, -0.15) is 0 Å². The average Bonchev–Trinajstić information content (AvgIpc) is 2.83. The van der Waals surface area contributed by atoms with E-state index in [0.29, 0.717) is 25.0 Å². The molecule has 1 aromatic heterocycles. The molecule has 6 heteroatoms. The fraction of sp³-hybridized carbons (Fsp3) is 0.692. The Morgan fingerprint density at radius 1 is 1.37 bits per heavy atom. The van der Waals surface area contributed by atoms with Gasteiger partial charge in [-0.3, -0.25) is 4.79 Å². The molecule has 0 saturated carbocycles. The normalized spacial score (nSPS) is 26.2. The minimum Gasteiger partial charge on any atom is -0.361 e. The molecule has 106 valence electrons. The van der Waals surface area contributed by atoms with Gasteiger partial charge in [0.1, 0.15) is 5.76 Å². The lowest BCUT2D eigenvalue weighted by molar-refractivity contribution is -0.131. The van der Waals surface area contributed by atoms with Gasteiger partial charge >= 0.3 is 0 Å². The van der Waals surface area contributed by atoms with E-state index in [-0.39, 0.29) is 18.3 Å². The van der Waals surface area contributed by atoms with Gasteiger partial charge in [-0.25, -0.2) is 0 Å². The number of hydrogen-bond donors (Lipinski definition) is 1. The van der Waals surface area contributed by atoms with E-state index in [1.165, 1.54) is 6.42 Å². The number of carbonyl (C=O) groups is 1. The van der Waals surface area contributed by atoms with Gasteiger partial charge in [0.15, 0.2) is 0 Å². The molecule has 0 radical (unpaired) electrons. The molecule has 3 rings (SSSR count). The van der Waals surface area contributed by atoms with Gasteiger partial charge in [-0.05, 0) is 26.7 Å². The van der Waals surface area contributed by atoms with Crippen molar-refractivity contribution < 1.29 is 9.32 Å². The molecule has 3 heterocycles. The third-order valence-corrected chi connectivity index (χ3v) is 4.08. The second-order valence-corrected chi connectivity index (χ2v) is 5.42. The molecule has 1 amide bonds. The number of carbonyl (C=O) groups excluding carboxylic acids is 1. The second kappa shape index (κ2) is 5.51. The summed E-state index contributed by atoms with van der Waals surface area (Å²) in [5.41, 5.74) is 1.95. The van der Waals surface area contributed by atoms with E-state index >= 15 is 0 Å². The van der Waals surface area contributed by atoms with Crippen molar-refractivity contribution in [3.8, 4) is 0 Å². The first-order valence-electron chi connectivity index (χ1n) is 6.59. The Balaban J connectivity index is 0.00000133. The van der Waals surface area contributed by atoms with E-state index < -0.39 is 0 Å².